The molecule has 710 valence electrons. The third-order valence-corrected chi connectivity index (χ3v) is 30.8. The Kier molecular flexibility index (Phi) is 21.7. The number of fused-ring (bicyclic) bond motifs is 18. The number of rotatable bonds is 14. The zero-order chi connectivity index (χ0) is 100. The summed E-state index contributed by atoms with van der Waals surface area (Å²) in [5.41, 5.74) is 41.2. The first-order valence-corrected chi connectivity index (χ1v) is 51.4. The van der Waals surface area contributed by atoms with E-state index in [4.69, 9.17) is 39.9 Å². The molecule has 3 aliphatic rings. The fourth-order valence-corrected chi connectivity index (χ4v) is 23.4. The smallest absolute Gasteiger partial charge is 0.164 e. The van der Waals surface area contributed by atoms with Crippen LogP contribution >= 0.6 is 0 Å². The number of hydrogen-bond donors (Lipinski definition) is 0. The van der Waals surface area contributed by atoms with Crippen LogP contribution in [0.2, 0.25) is 0 Å². The molecule has 0 fully saturated rings. The molecule has 150 heavy (non-hydrogen) atoms. The Morgan fingerprint density at radius 3 is 0.707 bits per heavy atom. The molecule has 0 radical (unpaired) electrons. The van der Waals surface area contributed by atoms with Crippen molar-refractivity contribution >= 4 is 65.4 Å². The summed E-state index contributed by atoms with van der Waals surface area (Å²) >= 11 is 0. The van der Waals surface area contributed by atoms with Crippen molar-refractivity contribution in [1.82, 2.24) is 53.6 Å². The van der Waals surface area contributed by atoms with Crippen LogP contribution in [0.5, 0.6) is 0 Å². The van der Waals surface area contributed by atoms with Gasteiger partial charge in [-0.15, -0.1) is 0 Å². The van der Waals surface area contributed by atoms with Crippen LogP contribution in [0.4, 0.5) is 0 Å². The van der Waals surface area contributed by atoms with Crippen LogP contribution in [0, 0.1) is 0 Å². The first kappa shape index (κ1) is 89.7. The van der Waals surface area contributed by atoms with Gasteiger partial charge in [0.1, 0.15) is 0 Å². The van der Waals surface area contributed by atoms with E-state index in [1.165, 1.54) is 127 Å². The van der Waals surface area contributed by atoms with Crippen LogP contribution in [0.3, 0.4) is 0 Å². The van der Waals surface area contributed by atoms with Crippen LogP contribution in [0.1, 0.15) is 74.9 Å². The lowest BCUT2D eigenvalue weighted by Gasteiger charge is -2.21. The molecule has 0 bridgehead atoms. The predicted octanol–water partition coefficient (Wildman–Crippen LogP) is 34.8. The van der Waals surface area contributed by atoms with Gasteiger partial charge in [-0.25, -0.2) is 39.9 Å². The maximum absolute atomic E-state index is 5.25. The SMILES string of the molecule is CC1(C)c2ccccc2-c2cc3c(cc21)c1ccccc1n3-c1cc(-c2ccccc2)cc(-c2nc(-c3ccccc3)cc(-c3ccccc3)n2)c1.CC1(C)c2ccccc2-c2cc3c(cc21)c1ccccc1n3-c1cc(-c2ccccc2)cc(-c2nc(-c3ccccc3)nc(-c3ccccc3)n2)c1.CC1(C)c2ccccc2-c2cc3c(cc21)c1ccccc1n3-c1cccc(-c2nc(-c3ccccc3)nc(-c3ccccc3)n2)c1. The summed E-state index contributed by atoms with van der Waals surface area (Å²) in [6, 6.07) is 174. The lowest BCUT2D eigenvalue weighted by molar-refractivity contribution is 0.661. The molecule has 0 amide bonds. The van der Waals surface area contributed by atoms with Gasteiger partial charge in [0, 0.05) is 116 Å². The van der Waals surface area contributed by atoms with Crippen molar-refractivity contribution in [3.63, 3.8) is 0 Å². The van der Waals surface area contributed by atoms with Crippen molar-refractivity contribution in [2.45, 2.75) is 57.8 Å². The van der Waals surface area contributed by atoms with Gasteiger partial charge in [0.25, 0.3) is 0 Å². The summed E-state index contributed by atoms with van der Waals surface area (Å²) in [4.78, 5) is 40.6. The molecular formula is C139H99N11. The minimum absolute atomic E-state index is 0.0607. The number of nitrogens with zero attached hydrogens (tertiary/aromatic N) is 11. The summed E-state index contributed by atoms with van der Waals surface area (Å²) in [6.07, 6.45) is 0. The largest absolute Gasteiger partial charge is 0.309 e. The number of benzene rings is 20. The zero-order valence-electron chi connectivity index (χ0n) is 83.7. The van der Waals surface area contributed by atoms with Crippen molar-refractivity contribution in [3.8, 4) is 175 Å². The van der Waals surface area contributed by atoms with Gasteiger partial charge in [0.15, 0.2) is 40.8 Å². The van der Waals surface area contributed by atoms with Gasteiger partial charge in [-0.1, -0.05) is 424 Å². The first-order valence-electron chi connectivity index (χ1n) is 51.4. The van der Waals surface area contributed by atoms with Crippen molar-refractivity contribution in [1.29, 1.82) is 0 Å². The van der Waals surface area contributed by atoms with Crippen LogP contribution in [0.25, 0.3) is 240 Å². The minimum atomic E-state index is -0.0880. The molecular weight excluding hydrogens is 1820 g/mol. The molecule has 3 aliphatic carbocycles. The lowest BCUT2D eigenvalue weighted by atomic mass is 9.82. The Morgan fingerprint density at radius 1 is 0.140 bits per heavy atom. The van der Waals surface area contributed by atoms with Crippen molar-refractivity contribution in [3.05, 3.63) is 525 Å². The van der Waals surface area contributed by atoms with Gasteiger partial charge in [-0.05, 0) is 198 Å². The molecule has 6 aromatic heterocycles. The molecule has 11 heteroatoms. The number of aromatic nitrogens is 11. The van der Waals surface area contributed by atoms with E-state index < -0.39 is 0 Å². The monoisotopic (exact) mass is 1920 g/mol. The van der Waals surface area contributed by atoms with Crippen LogP contribution < -0.4 is 0 Å². The molecule has 0 spiro atoms. The molecule has 0 atom stereocenters. The average Bonchev–Trinajstić information content (AvgIpc) is 1.56. The quantitative estimate of drug-likeness (QED) is 0.106. The van der Waals surface area contributed by atoms with E-state index in [0.717, 1.165) is 106 Å². The fourth-order valence-electron chi connectivity index (χ4n) is 23.4. The molecule has 26 aromatic rings. The zero-order valence-corrected chi connectivity index (χ0v) is 83.7. The third kappa shape index (κ3) is 15.5. The summed E-state index contributed by atoms with van der Waals surface area (Å²) in [6.45, 7) is 14.1. The second-order valence-corrected chi connectivity index (χ2v) is 40.9. The van der Waals surface area contributed by atoms with E-state index in [0.29, 0.717) is 40.8 Å². The van der Waals surface area contributed by atoms with Crippen molar-refractivity contribution < 1.29 is 0 Å². The highest BCUT2D eigenvalue weighted by atomic mass is 15.1. The maximum atomic E-state index is 5.25. The molecule has 6 heterocycles. The second kappa shape index (κ2) is 36.3. The normalized spacial score (nSPS) is 13.0. The Hall–Kier alpha value is -19.1. The van der Waals surface area contributed by atoms with Crippen LogP contribution in [-0.4, -0.2) is 53.6 Å². The minimum Gasteiger partial charge on any atom is -0.309 e. The predicted molar refractivity (Wildman–Crippen MR) is 617 cm³/mol. The highest BCUT2D eigenvalue weighted by Gasteiger charge is 2.40. The van der Waals surface area contributed by atoms with Crippen LogP contribution in [-0.2, 0) is 16.2 Å². The number of hydrogen-bond acceptors (Lipinski definition) is 8. The molecule has 0 saturated carbocycles. The van der Waals surface area contributed by atoms with Crippen molar-refractivity contribution in [2.24, 2.45) is 0 Å². The standard InChI is InChI=1S/C49H35N3.C48H34N4.C42H30N4/c1-49(2)42-24-14-12-22-38(42)40-30-47-41(29-43(40)49)39-23-13-15-25-46(39)52(47)37-27-35(32-16-6-3-7-17-32)26-36(28-37)48-50-44(33-18-8-4-9-19-33)31-45(51-48)34-20-10-5-11-21-34;1-48(2)41-24-14-12-22-37(41)39-30-44-40(29-42(39)48)38-23-13-15-25-43(38)52(44)36-27-34(31-16-6-3-7-17-31)26-35(28-36)47-50-45(32-18-8-4-9-19-32)49-46(51-47)33-20-10-5-11-21-33;1-42(2)35-22-11-9-20-31(35)33-26-38-34(25-36(33)42)32-21-10-12-23-37(32)46(38)30-19-13-18-29(24-30)41-44-39(27-14-5-3-6-15-27)43-40(45-41)28-16-7-4-8-17-28/h3-31H,1-2H3;3-30H,1-2H3;3-26H,1-2H3. The Labute approximate surface area is 870 Å². The lowest BCUT2D eigenvalue weighted by Crippen LogP contribution is -2.14. The third-order valence-electron chi connectivity index (χ3n) is 30.8. The average molecular weight is 1920 g/mol. The highest BCUT2D eigenvalue weighted by Crippen LogP contribution is 2.56. The molecule has 20 aromatic carbocycles. The Balaban J connectivity index is 0.000000111. The molecule has 0 aliphatic heterocycles. The molecule has 0 unspecified atom stereocenters. The summed E-state index contributed by atoms with van der Waals surface area (Å²) in [5.74, 6) is 4.56. The van der Waals surface area contributed by atoms with Crippen molar-refractivity contribution in [2.75, 3.05) is 0 Å². The van der Waals surface area contributed by atoms with E-state index >= 15 is 0 Å². The van der Waals surface area contributed by atoms with Gasteiger partial charge in [-0.2, -0.15) is 0 Å². The molecule has 11 nitrogen and oxygen atoms in total. The Morgan fingerprint density at radius 2 is 0.380 bits per heavy atom. The summed E-state index contributed by atoms with van der Waals surface area (Å²) in [7, 11) is 0. The van der Waals surface area contributed by atoms with E-state index in [1.807, 2.05) is 109 Å². The molecule has 29 rings (SSSR count). The molecule has 0 saturated heterocycles. The van der Waals surface area contributed by atoms with Gasteiger partial charge in [0.2, 0.25) is 0 Å². The second-order valence-electron chi connectivity index (χ2n) is 40.9. The van der Waals surface area contributed by atoms with Gasteiger partial charge < -0.3 is 13.7 Å². The Bertz CT molecular complexity index is 9260. The first-order chi connectivity index (χ1) is 73.6. The van der Waals surface area contributed by atoms with Crippen LogP contribution in [0.15, 0.2) is 491 Å². The van der Waals surface area contributed by atoms with E-state index in [2.05, 4.69) is 437 Å². The number of para-hydroxylation sites is 3. The summed E-state index contributed by atoms with van der Waals surface area (Å²) < 4.78 is 7.25. The van der Waals surface area contributed by atoms with Gasteiger partial charge in [-0.3, -0.25) is 0 Å². The van der Waals surface area contributed by atoms with Gasteiger partial charge in [0.05, 0.1) is 44.5 Å². The van der Waals surface area contributed by atoms with E-state index in [9.17, 15) is 0 Å². The van der Waals surface area contributed by atoms with E-state index in [-0.39, 0.29) is 16.2 Å². The maximum Gasteiger partial charge on any atom is 0.164 e. The molecule has 0 N–H and O–H groups in total. The fraction of sp³-hybridized carbons (Fsp3) is 0.0647. The van der Waals surface area contributed by atoms with Gasteiger partial charge >= 0.3 is 0 Å². The van der Waals surface area contributed by atoms with E-state index in [1.54, 1.807) is 0 Å². The highest BCUT2D eigenvalue weighted by molar-refractivity contribution is 6.15. The topological polar surface area (TPSA) is 118 Å². The summed E-state index contributed by atoms with van der Waals surface area (Å²) in [5, 5.41) is 7.49.